The van der Waals surface area contributed by atoms with E-state index in [9.17, 15) is 9.90 Å². The molecule has 0 radical (unpaired) electrons. The van der Waals surface area contributed by atoms with Crippen LogP contribution >= 0.6 is 0 Å². The fraction of sp³-hybridized carbons (Fsp3) is 0.933. The Balaban J connectivity index is 2.74. The third-order valence-electron chi connectivity index (χ3n) is 3.74. The lowest BCUT2D eigenvalue weighted by Gasteiger charge is -2.35. The number of rotatable bonds is 4. The summed E-state index contributed by atoms with van der Waals surface area (Å²) in [5.41, 5.74) is -0.450. The zero-order valence-electron chi connectivity index (χ0n) is 13.0. The van der Waals surface area contributed by atoms with Crippen LogP contribution in [0.4, 0.5) is 4.79 Å². The molecule has 0 aliphatic carbocycles. The zero-order chi connectivity index (χ0) is 14.6. The first-order chi connectivity index (χ1) is 8.76. The molecule has 2 atom stereocenters. The van der Waals surface area contributed by atoms with Gasteiger partial charge in [0.15, 0.2) is 0 Å². The van der Waals surface area contributed by atoms with Gasteiger partial charge in [-0.15, -0.1) is 0 Å². The van der Waals surface area contributed by atoms with Crippen molar-refractivity contribution in [1.29, 1.82) is 0 Å². The van der Waals surface area contributed by atoms with Crippen molar-refractivity contribution < 1.29 is 14.6 Å². The summed E-state index contributed by atoms with van der Waals surface area (Å²) in [6, 6.07) is 0.210. The largest absolute Gasteiger partial charge is 0.444 e. The first-order valence-corrected chi connectivity index (χ1v) is 7.36. The molecule has 0 bridgehead atoms. The molecule has 0 saturated carbocycles. The lowest BCUT2D eigenvalue weighted by molar-refractivity contribution is 0.0134. The molecular formula is C15H29NO3. The molecule has 1 saturated heterocycles. The number of carbonyl (C=O) groups is 1. The SMILES string of the molecule is CC(C)C(CCO)C1CCCN1C(=O)OC(C)(C)C. The number of hydrogen-bond donors (Lipinski definition) is 1. The van der Waals surface area contributed by atoms with Crippen LogP contribution in [0.15, 0.2) is 0 Å². The van der Waals surface area contributed by atoms with Gasteiger partial charge in [-0.1, -0.05) is 13.8 Å². The first-order valence-electron chi connectivity index (χ1n) is 7.36. The van der Waals surface area contributed by atoms with Crippen molar-refractivity contribution in [3.63, 3.8) is 0 Å². The van der Waals surface area contributed by atoms with Crippen molar-refractivity contribution in [3.05, 3.63) is 0 Å². The molecular weight excluding hydrogens is 242 g/mol. The van der Waals surface area contributed by atoms with Crippen molar-refractivity contribution in [3.8, 4) is 0 Å². The van der Waals surface area contributed by atoms with Gasteiger partial charge in [0.25, 0.3) is 0 Å². The first kappa shape index (κ1) is 16.3. The van der Waals surface area contributed by atoms with Gasteiger partial charge in [0.05, 0.1) is 0 Å². The van der Waals surface area contributed by atoms with Gasteiger partial charge in [-0.05, 0) is 51.9 Å². The van der Waals surface area contributed by atoms with Crippen LogP contribution in [0.25, 0.3) is 0 Å². The van der Waals surface area contributed by atoms with Crippen LogP contribution in [-0.4, -0.2) is 40.9 Å². The standard InChI is InChI=1S/C15H29NO3/c1-11(2)12(8-10-17)13-7-6-9-16(13)14(18)19-15(3,4)5/h11-13,17H,6-10H2,1-5H3. The van der Waals surface area contributed by atoms with E-state index in [1.807, 2.05) is 25.7 Å². The highest BCUT2D eigenvalue weighted by molar-refractivity contribution is 5.69. The van der Waals surface area contributed by atoms with Gasteiger partial charge < -0.3 is 14.7 Å². The summed E-state index contributed by atoms with van der Waals surface area (Å²) in [5.74, 6) is 0.806. The molecule has 112 valence electrons. The van der Waals surface area contributed by atoms with Gasteiger partial charge in [-0.25, -0.2) is 4.79 Å². The summed E-state index contributed by atoms with van der Waals surface area (Å²) < 4.78 is 5.48. The average molecular weight is 271 g/mol. The molecule has 4 nitrogen and oxygen atoms in total. The van der Waals surface area contributed by atoms with Gasteiger partial charge in [-0.3, -0.25) is 0 Å². The van der Waals surface area contributed by atoms with Crippen LogP contribution in [0.2, 0.25) is 0 Å². The Morgan fingerprint density at radius 3 is 2.53 bits per heavy atom. The highest BCUT2D eigenvalue weighted by Crippen LogP contribution is 2.32. The average Bonchev–Trinajstić information content (AvgIpc) is 2.71. The fourth-order valence-corrected chi connectivity index (χ4v) is 2.90. The number of carbonyl (C=O) groups excluding carboxylic acids is 1. The summed E-state index contributed by atoms with van der Waals surface area (Å²) in [4.78, 5) is 14.1. The maximum absolute atomic E-state index is 12.2. The Kier molecular flexibility index (Phi) is 5.65. The summed E-state index contributed by atoms with van der Waals surface area (Å²) in [7, 11) is 0. The van der Waals surface area contributed by atoms with Crippen LogP contribution in [0.5, 0.6) is 0 Å². The molecule has 1 amide bonds. The molecule has 1 heterocycles. The molecule has 1 rings (SSSR count). The monoisotopic (exact) mass is 271 g/mol. The molecule has 0 aromatic carbocycles. The predicted molar refractivity (Wildman–Crippen MR) is 76.0 cm³/mol. The lowest BCUT2D eigenvalue weighted by Crippen LogP contribution is -2.44. The number of aliphatic hydroxyl groups excluding tert-OH is 1. The van der Waals surface area contributed by atoms with Crippen LogP contribution in [0, 0.1) is 11.8 Å². The molecule has 19 heavy (non-hydrogen) atoms. The summed E-state index contributed by atoms with van der Waals surface area (Å²) in [6.45, 7) is 10.9. The minimum absolute atomic E-state index is 0.182. The number of ether oxygens (including phenoxy) is 1. The Morgan fingerprint density at radius 2 is 2.05 bits per heavy atom. The Bertz CT molecular complexity index is 296. The summed E-state index contributed by atoms with van der Waals surface area (Å²) >= 11 is 0. The van der Waals surface area contributed by atoms with Gasteiger partial charge in [0.2, 0.25) is 0 Å². The maximum atomic E-state index is 12.2. The number of hydrogen-bond acceptors (Lipinski definition) is 3. The normalized spacial score (nSPS) is 21.8. The van der Waals surface area contributed by atoms with Crippen LogP contribution in [0.1, 0.15) is 53.9 Å². The van der Waals surface area contributed by atoms with E-state index in [1.54, 1.807) is 0 Å². The topological polar surface area (TPSA) is 49.8 Å². The third kappa shape index (κ3) is 4.68. The molecule has 1 fully saturated rings. The molecule has 0 aromatic heterocycles. The van der Waals surface area contributed by atoms with E-state index in [-0.39, 0.29) is 18.7 Å². The van der Waals surface area contributed by atoms with Gasteiger partial charge >= 0.3 is 6.09 Å². The minimum Gasteiger partial charge on any atom is -0.444 e. The molecule has 1 aliphatic heterocycles. The molecule has 1 N–H and O–H groups in total. The second-order valence-electron chi connectivity index (χ2n) is 6.80. The number of aliphatic hydroxyl groups is 1. The van der Waals surface area contributed by atoms with Crippen molar-refractivity contribution >= 4 is 6.09 Å². The predicted octanol–water partition coefficient (Wildman–Crippen LogP) is 3.04. The summed E-state index contributed by atoms with van der Waals surface area (Å²) in [5, 5.41) is 9.22. The smallest absolute Gasteiger partial charge is 0.410 e. The highest BCUT2D eigenvalue weighted by Gasteiger charge is 2.37. The Morgan fingerprint density at radius 1 is 1.42 bits per heavy atom. The van der Waals surface area contributed by atoms with Crippen LogP contribution < -0.4 is 0 Å². The maximum Gasteiger partial charge on any atom is 0.410 e. The third-order valence-corrected chi connectivity index (χ3v) is 3.74. The second-order valence-corrected chi connectivity index (χ2v) is 6.80. The molecule has 0 spiro atoms. The van der Waals surface area contributed by atoms with E-state index in [0.29, 0.717) is 11.8 Å². The van der Waals surface area contributed by atoms with E-state index in [0.717, 1.165) is 25.8 Å². The van der Waals surface area contributed by atoms with Crippen molar-refractivity contribution in [2.75, 3.05) is 13.2 Å². The molecule has 1 aliphatic rings. The van der Waals surface area contributed by atoms with Crippen molar-refractivity contribution in [2.45, 2.75) is 65.5 Å². The molecule has 2 unspecified atom stereocenters. The van der Waals surface area contributed by atoms with Gasteiger partial charge in [0, 0.05) is 19.2 Å². The zero-order valence-corrected chi connectivity index (χ0v) is 13.0. The number of likely N-dealkylation sites (tertiary alicyclic amines) is 1. The van der Waals surface area contributed by atoms with E-state index >= 15 is 0 Å². The van der Waals surface area contributed by atoms with Crippen molar-refractivity contribution in [2.24, 2.45) is 11.8 Å². The van der Waals surface area contributed by atoms with E-state index in [4.69, 9.17) is 4.74 Å². The van der Waals surface area contributed by atoms with Crippen LogP contribution in [-0.2, 0) is 4.74 Å². The number of amides is 1. The lowest BCUT2D eigenvalue weighted by atomic mass is 9.84. The quantitative estimate of drug-likeness (QED) is 0.855. The highest BCUT2D eigenvalue weighted by atomic mass is 16.6. The van der Waals surface area contributed by atoms with Gasteiger partial charge in [0.1, 0.15) is 5.60 Å². The molecule has 4 heteroatoms. The number of nitrogens with zero attached hydrogens (tertiary/aromatic N) is 1. The Labute approximate surface area is 117 Å². The van der Waals surface area contributed by atoms with Crippen LogP contribution in [0.3, 0.4) is 0 Å². The minimum atomic E-state index is -0.450. The van der Waals surface area contributed by atoms with E-state index < -0.39 is 5.60 Å². The van der Waals surface area contributed by atoms with Crippen molar-refractivity contribution in [1.82, 2.24) is 4.90 Å². The fourth-order valence-electron chi connectivity index (χ4n) is 2.90. The summed E-state index contributed by atoms with van der Waals surface area (Å²) in [6.07, 6.45) is 2.58. The van der Waals surface area contributed by atoms with Gasteiger partial charge in [-0.2, -0.15) is 0 Å². The Hall–Kier alpha value is -0.770. The second kappa shape index (κ2) is 6.60. The van der Waals surface area contributed by atoms with E-state index in [1.165, 1.54) is 0 Å². The van der Waals surface area contributed by atoms with E-state index in [2.05, 4.69) is 13.8 Å². The molecule has 0 aromatic rings.